The molecule has 2 aromatic carbocycles. The van der Waals surface area contributed by atoms with Gasteiger partial charge in [0.1, 0.15) is 6.33 Å². The van der Waals surface area contributed by atoms with Crippen molar-refractivity contribution >= 4 is 10.9 Å². The first kappa shape index (κ1) is 14.6. The van der Waals surface area contributed by atoms with E-state index in [1.807, 2.05) is 0 Å². The van der Waals surface area contributed by atoms with Gasteiger partial charge in [-0.05, 0) is 11.5 Å². The maximum absolute atomic E-state index is 13.8. The van der Waals surface area contributed by atoms with Crippen LogP contribution in [0.25, 0.3) is 22.2 Å². The van der Waals surface area contributed by atoms with Crippen molar-refractivity contribution < 1.29 is 33.3 Å². The average molecular weight is 451 g/mol. The van der Waals surface area contributed by atoms with Crippen LogP contribution in [-0.2, 0) is 20.1 Å². The van der Waals surface area contributed by atoms with E-state index in [-0.39, 0.29) is 31.4 Å². The molecular formula is C14H6F3IrN2-. The SMILES string of the molecule is Fc1[c-]c(-c2ncnc3ccccc23)c(F)c(F)c1.[Ir]. The van der Waals surface area contributed by atoms with Crippen LogP contribution in [0.15, 0.2) is 36.7 Å². The standard InChI is InChI=1S/C14H6F3N2.Ir/c15-8-5-10(13(17)11(16)6-8)14-9-3-1-2-4-12(9)18-7-19-14;/h1-4,6-7H;/q-1;. The topological polar surface area (TPSA) is 25.8 Å². The summed E-state index contributed by atoms with van der Waals surface area (Å²) in [6.07, 6.45) is 1.22. The van der Waals surface area contributed by atoms with Crippen molar-refractivity contribution in [1.82, 2.24) is 9.97 Å². The Hall–Kier alpha value is -1.78. The van der Waals surface area contributed by atoms with Gasteiger partial charge in [-0.2, -0.15) is 0 Å². The van der Waals surface area contributed by atoms with Gasteiger partial charge in [-0.3, -0.25) is 9.37 Å². The fraction of sp³-hybridized carbons (Fsp3) is 0. The van der Waals surface area contributed by atoms with Crippen molar-refractivity contribution in [2.24, 2.45) is 0 Å². The van der Waals surface area contributed by atoms with Crippen LogP contribution in [0.5, 0.6) is 0 Å². The van der Waals surface area contributed by atoms with E-state index in [0.717, 1.165) is 0 Å². The van der Waals surface area contributed by atoms with Crippen LogP contribution in [0.4, 0.5) is 13.2 Å². The van der Waals surface area contributed by atoms with Gasteiger partial charge in [0, 0.05) is 31.6 Å². The number of fused-ring (bicyclic) bond motifs is 1. The van der Waals surface area contributed by atoms with E-state index in [4.69, 9.17) is 0 Å². The first-order chi connectivity index (χ1) is 9.16. The molecule has 103 valence electrons. The number of nitrogens with zero attached hydrogens (tertiary/aromatic N) is 2. The van der Waals surface area contributed by atoms with Crippen molar-refractivity contribution in [3.8, 4) is 11.3 Å². The number of aromatic nitrogens is 2. The molecule has 3 aromatic rings. The largest absolute Gasteiger partial charge is 0.285 e. The second-order valence-electron chi connectivity index (χ2n) is 3.89. The molecule has 0 atom stereocenters. The van der Waals surface area contributed by atoms with E-state index in [9.17, 15) is 13.2 Å². The molecule has 0 saturated carbocycles. The molecule has 2 nitrogen and oxygen atoms in total. The predicted octanol–water partition coefficient (Wildman–Crippen LogP) is 3.51. The van der Waals surface area contributed by atoms with Crippen molar-refractivity contribution in [2.45, 2.75) is 0 Å². The van der Waals surface area contributed by atoms with E-state index in [1.165, 1.54) is 6.33 Å². The van der Waals surface area contributed by atoms with Gasteiger partial charge < -0.3 is 0 Å². The number of halogens is 3. The molecule has 0 aliphatic heterocycles. The zero-order valence-electron chi connectivity index (χ0n) is 9.83. The van der Waals surface area contributed by atoms with Gasteiger partial charge in [-0.1, -0.05) is 29.8 Å². The molecule has 0 spiro atoms. The summed E-state index contributed by atoms with van der Waals surface area (Å²) in [5.74, 6) is -3.42. The summed E-state index contributed by atoms with van der Waals surface area (Å²) in [7, 11) is 0. The third-order valence-corrected chi connectivity index (χ3v) is 2.71. The molecule has 6 heteroatoms. The molecule has 3 rings (SSSR count). The fourth-order valence-electron chi connectivity index (χ4n) is 1.87. The van der Waals surface area contributed by atoms with Crippen molar-refractivity contribution in [3.05, 3.63) is 60.2 Å². The molecule has 0 bridgehead atoms. The van der Waals surface area contributed by atoms with Gasteiger partial charge in [0.15, 0.2) is 0 Å². The van der Waals surface area contributed by atoms with Crippen molar-refractivity contribution in [2.75, 3.05) is 0 Å². The summed E-state index contributed by atoms with van der Waals surface area (Å²) >= 11 is 0. The Morgan fingerprint density at radius 1 is 1.00 bits per heavy atom. The third-order valence-electron chi connectivity index (χ3n) is 2.71. The summed E-state index contributed by atoms with van der Waals surface area (Å²) in [4.78, 5) is 7.91. The third kappa shape index (κ3) is 2.44. The van der Waals surface area contributed by atoms with Gasteiger partial charge in [-0.15, -0.1) is 6.07 Å². The van der Waals surface area contributed by atoms with Gasteiger partial charge in [0.05, 0.1) is 17.2 Å². The second kappa shape index (κ2) is 5.69. The number of para-hydroxylation sites is 1. The molecular weight excluding hydrogens is 445 g/mol. The summed E-state index contributed by atoms with van der Waals surface area (Å²) < 4.78 is 40.2. The Morgan fingerprint density at radius 2 is 1.75 bits per heavy atom. The van der Waals surface area contributed by atoms with Gasteiger partial charge >= 0.3 is 0 Å². The number of benzene rings is 2. The Kier molecular flexibility index (Phi) is 4.16. The Morgan fingerprint density at radius 3 is 2.55 bits per heavy atom. The minimum absolute atomic E-state index is 0. The molecule has 0 unspecified atom stereocenters. The zero-order chi connectivity index (χ0) is 13.4. The Labute approximate surface area is 126 Å². The first-order valence-electron chi connectivity index (χ1n) is 5.44. The zero-order valence-corrected chi connectivity index (χ0v) is 12.2. The van der Waals surface area contributed by atoms with Gasteiger partial charge in [0.2, 0.25) is 0 Å². The summed E-state index contributed by atoms with van der Waals surface area (Å²) in [6.45, 7) is 0. The molecule has 20 heavy (non-hydrogen) atoms. The summed E-state index contributed by atoms with van der Waals surface area (Å²) in [5.41, 5.74) is 0.336. The fourth-order valence-corrected chi connectivity index (χ4v) is 1.87. The molecule has 0 aliphatic carbocycles. The van der Waals surface area contributed by atoms with Gasteiger partial charge in [-0.25, -0.2) is 13.8 Å². The minimum atomic E-state index is -1.27. The molecule has 0 saturated heterocycles. The number of hydrogen-bond donors (Lipinski definition) is 0. The maximum Gasteiger partial charge on any atom is 0.106 e. The molecule has 1 radical (unpaired) electrons. The molecule has 0 fully saturated rings. The first-order valence-corrected chi connectivity index (χ1v) is 5.44. The van der Waals surface area contributed by atoms with Crippen molar-refractivity contribution in [1.29, 1.82) is 0 Å². The molecule has 0 aliphatic rings. The quantitative estimate of drug-likeness (QED) is 0.418. The van der Waals surface area contributed by atoms with Gasteiger partial charge in [0.25, 0.3) is 0 Å². The smallest absolute Gasteiger partial charge is 0.106 e. The summed E-state index contributed by atoms with van der Waals surface area (Å²) in [5, 5.41) is 0.505. The van der Waals surface area contributed by atoms with Crippen LogP contribution in [0.1, 0.15) is 0 Å². The molecule has 1 heterocycles. The van der Waals surface area contributed by atoms with E-state index in [2.05, 4.69) is 16.0 Å². The van der Waals surface area contributed by atoms with E-state index in [0.29, 0.717) is 17.0 Å². The van der Waals surface area contributed by atoms with E-state index < -0.39 is 17.5 Å². The molecule has 1 aromatic heterocycles. The van der Waals surface area contributed by atoms with Crippen LogP contribution < -0.4 is 0 Å². The molecule has 0 amide bonds. The summed E-state index contributed by atoms with van der Waals surface area (Å²) in [6, 6.07) is 9.42. The second-order valence-corrected chi connectivity index (χ2v) is 3.89. The normalized spacial score (nSPS) is 10.3. The van der Waals surface area contributed by atoms with Crippen LogP contribution in [-0.4, -0.2) is 9.97 Å². The average Bonchev–Trinajstić information content (AvgIpc) is 2.42. The van der Waals surface area contributed by atoms with Crippen LogP contribution in [0.3, 0.4) is 0 Å². The van der Waals surface area contributed by atoms with Crippen LogP contribution >= 0.6 is 0 Å². The number of hydrogen-bond acceptors (Lipinski definition) is 2. The Balaban J connectivity index is 0.00000147. The number of rotatable bonds is 1. The van der Waals surface area contributed by atoms with E-state index in [1.54, 1.807) is 24.3 Å². The van der Waals surface area contributed by atoms with Crippen LogP contribution in [0, 0.1) is 23.5 Å². The predicted molar refractivity (Wildman–Crippen MR) is 63.7 cm³/mol. The van der Waals surface area contributed by atoms with Crippen molar-refractivity contribution in [3.63, 3.8) is 0 Å². The maximum atomic E-state index is 13.8. The van der Waals surface area contributed by atoms with E-state index >= 15 is 0 Å². The van der Waals surface area contributed by atoms with Crippen LogP contribution in [0.2, 0.25) is 0 Å². The minimum Gasteiger partial charge on any atom is -0.285 e. The Bertz CT molecular complexity index is 772. The monoisotopic (exact) mass is 452 g/mol. The molecule has 0 N–H and O–H groups in total.